The average molecular weight is 550 g/mol. The highest BCUT2D eigenvalue weighted by molar-refractivity contribution is 14.1. The molecule has 3 rings (SSSR count). The molecule has 3 aromatic rings. The molecule has 0 saturated heterocycles. The van der Waals surface area contributed by atoms with Gasteiger partial charge in [0.2, 0.25) is 5.91 Å². The normalized spacial score (nSPS) is 10.9. The molecule has 0 aliphatic carbocycles. The Morgan fingerprint density at radius 2 is 1.81 bits per heavy atom. The number of amides is 1. The van der Waals surface area contributed by atoms with E-state index in [0.29, 0.717) is 5.75 Å². The van der Waals surface area contributed by atoms with Crippen molar-refractivity contribution >= 4 is 45.9 Å². The number of carbonyl (C=O) groups excluding carboxylic acids is 1. The minimum atomic E-state index is -0.0403. The Labute approximate surface area is 201 Å². The summed E-state index contributed by atoms with van der Waals surface area (Å²) in [6, 6.07) is 12.3. The summed E-state index contributed by atoms with van der Waals surface area (Å²) in [6.45, 7) is 4.03. The van der Waals surface area contributed by atoms with Crippen molar-refractivity contribution in [3.05, 3.63) is 62.5 Å². The lowest BCUT2D eigenvalue weighted by Crippen LogP contribution is -2.16. The van der Waals surface area contributed by atoms with Gasteiger partial charge in [0, 0.05) is 22.7 Å². The van der Waals surface area contributed by atoms with Crippen molar-refractivity contribution in [2.75, 3.05) is 18.2 Å². The van der Waals surface area contributed by atoms with Crippen LogP contribution in [0, 0.1) is 17.4 Å². The Morgan fingerprint density at radius 1 is 1.13 bits per heavy atom. The molecule has 0 unspecified atom stereocenters. The fraction of sp³-hybridized carbons (Fsp3) is 0.348. The first-order valence-corrected chi connectivity index (χ1v) is 12.1. The van der Waals surface area contributed by atoms with Crippen LogP contribution in [0.3, 0.4) is 0 Å². The third-order valence-electron chi connectivity index (χ3n) is 5.04. The smallest absolute Gasteiger partial charge is 0.234 e. The summed E-state index contributed by atoms with van der Waals surface area (Å²) in [5.74, 6) is 2.06. The minimum absolute atomic E-state index is 0.0403. The van der Waals surface area contributed by atoms with Gasteiger partial charge >= 0.3 is 0 Å². The van der Waals surface area contributed by atoms with Crippen LogP contribution in [0.25, 0.3) is 0 Å². The molecule has 0 atom stereocenters. The summed E-state index contributed by atoms with van der Waals surface area (Å²) >= 11 is 3.69. The second kappa shape index (κ2) is 11.0. The van der Waals surface area contributed by atoms with E-state index in [9.17, 15) is 4.79 Å². The summed E-state index contributed by atoms with van der Waals surface area (Å²) in [6.07, 6.45) is 2.79. The summed E-state index contributed by atoms with van der Waals surface area (Å²) in [5, 5.41) is 12.4. The van der Waals surface area contributed by atoms with Crippen molar-refractivity contribution in [2.24, 2.45) is 7.05 Å². The van der Waals surface area contributed by atoms with Crippen LogP contribution in [0.15, 0.2) is 41.6 Å². The van der Waals surface area contributed by atoms with E-state index in [1.165, 1.54) is 20.9 Å². The first-order chi connectivity index (χ1) is 14.9. The van der Waals surface area contributed by atoms with E-state index >= 15 is 0 Å². The number of methoxy groups -OCH3 is 1. The number of aromatic nitrogens is 3. The van der Waals surface area contributed by atoms with E-state index < -0.39 is 0 Å². The quantitative estimate of drug-likeness (QED) is 0.302. The van der Waals surface area contributed by atoms with E-state index in [4.69, 9.17) is 4.74 Å². The fourth-order valence-corrected chi connectivity index (χ4v) is 5.01. The predicted molar refractivity (Wildman–Crippen MR) is 134 cm³/mol. The molecule has 2 aromatic carbocycles. The van der Waals surface area contributed by atoms with Crippen LogP contribution >= 0.6 is 34.4 Å². The van der Waals surface area contributed by atoms with Gasteiger partial charge in [-0.15, -0.1) is 10.2 Å². The summed E-state index contributed by atoms with van der Waals surface area (Å²) in [7, 11) is 3.63. The van der Waals surface area contributed by atoms with Gasteiger partial charge in [-0.1, -0.05) is 23.9 Å². The molecular formula is C23H27IN4O2S. The van der Waals surface area contributed by atoms with Gasteiger partial charge in [-0.05, 0) is 90.2 Å². The summed E-state index contributed by atoms with van der Waals surface area (Å²) < 4.78 is 8.34. The second-order valence-electron chi connectivity index (χ2n) is 7.41. The van der Waals surface area contributed by atoms with E-state index in [1.807, 2.05) is 37.6 Å². The molecular weight excluding hydrogens is 523 g/mol. The number of anilines is 1. The van der Waals surface area contributed by atoms with Gasteiger partial charge < -0.3 is 14.6 Å². The Kier molecular flexibility index (Phi) is 8.36. The van der Waals surface area contributed by atoms with Gasteiger partial charge in [0.1, 0.15) is 11.6 Å². The molecule has 1 N–H and O–H groups in total. The number of carbonyl (C=O) groups is 1. The maximum Gasteiger partial charge on any atom is 0.234 e. The Balaban J connectivity index is 1.50. The standard InChI is InChI=1S/C23H27IN4O2S/c1-15-12-18(24)13-16(2)22(15)25-21(29)14-31-23-27-26-20(28(23)3)7-5-6-17-8-10-19(30-4)11-9-17/h8-13H,5-7,14H2,1-4H3,(H,25,29). The molecule has 0 radical (unpaired) electrons. The van der Waals surface area contributed by atoms with Crippen LogP contribution in [0.2, 0.25) is 0 Å². The van der Waals surface area contributed by atoms with Crippen molar-refractivity contribution in [1.82, 2.24) is 14.8 Å². The zero-order valence-corrected chi connectivity index (χ0v) is 21.2. The number of hydrogen-bond donors (Lipinski definition) is 1. The maximum absolute atomic E-state index is 12.5. The molecule has 1 amide bonds. The molecule has 0 spiro atoms. The number of nitrogens with zero attached hydrogens (tertiary/aromatic N) is 3. The van der Waals surface area contributed by atoms with E-state index in [0.717, 1.165) is 52.8 Å². The average Bonchev–Trinajstić information content (AvgIpc) is 3.09. The number of aryl methyl sites for hydroxylation is 4. The highest BCUT2D eigenvalue weighted by atomic mass is 127. The molecule has 164 valence electrons. The van der Waals surface area contributed by atoms with Gasteiger partial charge in [0.05, 0.1) is 12.9 Å². The first-order valence-electron chi connectivity index (χ1n) is 10.1. The number of nitrogens with one attached hydrogen (secondary N) is 1. The van der Waals surface area contributed by atoms with Crippen LogP contribution < -0.4 is 10.1 Å². The minimum Gasteiger partial charge on any atom is -0.497 e. The van der Waals surface area contributed by atoms with Crippen LogP contribution in [-0.2, 0) is 24.7 Å². The van der Waals surface area contributed by atoms with Crippen LogP contribution in [0.4, 0.5) is 5.69 Å². The zero-order chi connectivity index (χ0) is 22.4. The van der Waals surface area contributed by atoms with Crippen molar-refractivity contribution < 1.29 is 9.53 Å². The lowest BCUT2D eigenvalue weighted by atomic mass is 10.1. The molecule has 0 aliphatic heterocycles. The molecule has 0 aliphatic rings. The van der Waals surface area contributed by atoms with Crippen molar-refractivity contribution in [3.63, 3.8) is 0 Å². The third-order valence-corrected chi connectivity index (χ3v) is 6.69. The lowest BCUT2D eigenvalue weighted by Gasteiger charge is -2.12. The molecule has 0 bridgehead atoms. The van der Waals surface area contributed by atoms with Crippen molar-refractivity contribution in [1.29, 1.82) is 0 Å². The largest absolute Gasteiger partial charge is 0.497 e. The predicted octanol–water partition coefficient (Wildman–Crippen LogP) is 4.95. The summed E-state index contributed by atoms with van der Waals surface area (Å²) in [4.78, 5) is 12.5. The van der Waals surface area contributed by atoms with E-state index in [-0.39, 0.29) is 5.91 Å². The molecule has 8 heteroatoms. The van der Waals surface area contributed by atoms with E-state index in [1.54, 1.807) is 7.11 Å². The highest BCUT2D eigenvalue weighted by Gasteiger charge is 2.13. The molecule has 0 fully saturated rings. The highest BCUT2D eigenvalue weighted by Crippen LogP contribution is 2.24. The second-order valence-corrected chi connectivity index (χ2v) is 9.60. The lowest BCUT2D eigenvalue weighted by molar-refractivity contribution is -0.113. The molecule has 6 nitrogen and oxygen atoms in total. The number of benzene rings is 2. The number of halogens is 1. The topological polar surface area (TPSA) is 69.0 Å². The van der Waals surface area contributed by atoms with Crippen LogP contribution in [0.1, 0.15) is 28.9 Å². The van der Waals surface area contributed by atoms with Gasteiger partial charge in [-0.2, -0.15) is 0 Å². The van der Waals surface area contributed by atoms with Crippen molar-refractivity contribution in [3.8, 4) is 5.75 Å². The first kappa shape index (κ1) is 23.6. The number of hydrogen-bond acceptors (Lipinski definition) is 5. The Bertz CT molecular complexity index is 1030. The van der Waals surface area contributed by atoms with Crippen molar-refractivity contribution in [2.45, 2.75) is 38.3 Å². The zero-order valence-electron chi connectivity index (χ0n) is 18.2. The molecule has 0 saturated carbocycles. The molecule has 1 aromatic heterocycles. The monoisotopic (exact) mass is 550 g/mol. The Hall–Kier alpha value is -2.07. The molecule has 1 heterocycles. The fourth-order valence-electron chi connectivity index (χ4n) is 3.34. The van der Waals surface area contributed by atoms with Gasteiger partial charge in [-0.25, -0.2) is 0 Å². The number of thioether (sulfide) groups is 1. The van der Waals surface area contributed by atoms with Crippen LogP contribution in [-0.4, -0.2) is 33.5 Å². The van der Waals surface area contributed by atoms with Gasteiger partial charge in [0.25, 0.3) is 0 Å². The number of ether oxygens (including phenoxy) is 1. The molecule has 31 heavy (non-hydrogen) atoms. The number of rotatable bonds is 9. The third kappa shape index (κ3) is 6.46. The summed E-state index contributed by atoms with van der Waals surface area (Å²) in [5.41, 5.74) is 4.31. The maximum atomic E-state index is 12.5. The van der Waals surface area contributed by atoms with E-state index in [2.05, 4.69) is 62.4 Å². The van der Waals surface area contributed by atoms with Gasteiger partial charge in [-0.3, -0.25) is 4.79 Å². The van der Waals surface area contributed by atoms with Gasteiger partial charge in [0.15, 0.2) is 5.16 Å². The SMILES string of the molecule is COc1ccc(CCCc2nnc(SCC(=O)Nc3c(C)cc(I)cc3C)n2C)cc1. The van der Waals surface area contributed by atoms with Crippen LogP contribution in [0.5, 0.6) is 5.75 Å². The Morgan fingerprint density at radius 3 is 2.45 bits per heavy atom.